The highest BCUT2D eigenvalue weighted by Crippen LogP contribution is 2.29. The summed E-state index contributed by atoms with van der Waals surface area (Å²) in [5.74, 6) is 0.729. The lowest BCUT2D eigenvalue weighted by molar-refractivity contribution is 0.0614. The zero-order valence-electron chi connectivity index (χ0n) is 8.11. The van der Waals surface area contributed by atoms with Gasteiger partial charge in [-0.3, -0.25) is 4.98 Å². The van der Waals surface area contributed by atoms with Gasteiger partial charge in [0.15, 0.2) is 0 Å². The van der Waals surface area contributed by atoms with Crippen molar-refractivity contribution < 1.29 is 5.11 Å². The van der Waals surface area contributed by atoms with Gasteiger partial charge in [0.25, 0.3) is 0 Å². The molecule has 1 aromatic heterocycles. The molecule has 4 heteroatoms. The number of anilines is 1. The first-order valence-corrected chi connectivity index (χ1v) is 5.01. The Balaban J connectivity index is 1.88. The maximum absolute atomic E-state index is 10.0. The first-order valence-electron chi connectivity index (χ1n) is 5.01. The third-order valence-corrected chi connectivity index (χ3v) is 2.70. The van der Waals surface area contributed by atoms with Crippen LogP contribution in [0.3, 0.4) is 0 Å². The molecule has 76 valence electrons. The van der Waals surface area contributed by atoms with Crippen LogP contribution in [-0.4, -0.2) is 27.2 Å². The molecule has 0 amide bonds. The van der Waals surface area contributed by atoms with Crippen molar-refractivity contribution in [1.82, 2.24) is 9.97 Å². The highest BCUT2D eigenvalue weighted by Gasteiger charge is 2.30. The summed E-state index contributed by atoms with van der Waals surface area (Å²) in [6.07, 6.45) is 8.96. The van der Waals surface area contributed by atoms with Crippen molar-refractivity contribution in [3.8, 4) is 0 Å². The predicted octanol–water partition coefficient (Wildman–Crippen LogP) is 1.19. The van der Waals surface area contributed by atoms with Gasteiger partial charge in [0.1, 0.15) is 5.82 Å². The average Bonchev–Trinajstić information content (AvgIpc) is 2.65. The van der Waals surface area contributed by atoms with E-state index in [0.717, 1.165) is 31.5 Å². The molecule has 2 N–H and O–H groups in total. The van der Waals surface area contributed by atoms with Gasteiger partial charge in [0.2, 0.25) is 0 Å². The van der Waals surface area contributed by atoms with Gasteiger partial charge in [0, 0.05) is 18.9 Å². The molecule has 4 nitrogen and oxygen atoms in total. The lowest BCUT2D eigenvalue weighted by Crippen LogP contribution is -2.33. The zero-order chi connectivity index (χ0) is 9.86. The zero-order valence-corrected chi connectivity index (χ0v) is 8.11. The van der Waals surface area contributed by atoms with E-state index in [1.165, 1.54) is 0 Å². The van der Waals surface area contributed by atoms with Gasteiger partial charge in [-0.1, -0.05) is 12.8 Å². The van der Waals surface area contributed by atoms with Crippen molar-refractivity contribution in [3.63, 3.8) is 0 Å². The van der Waals surface area contributed by atoms with E-state index in [0.29, 0.717) is 6.54 Å². The lowest BCUT2D eigenvalue weighted by atomic mass is 10.0. The molecule has 1 aromatic rings. The Hall–Kier alpha value is -1.16. The Morgan fingerprint density at radius 1 is 1.36 bits per heavy atom. The average molecular weight is 193 g/mol. The maximum atomic E-state index is 10.0. The Morgan fingerprint density at radius 3 is 2.79 bits per heavy atom. The monoisotopic (exact) mass is 193 g/mol. The molecule has 0 aromatic carbocycles. The van der Waals surface area contributed by atoms with E-state index in [-0.39, 0.29) is 0 Å². The Kier molecular flexibility index (Phi) is 2.63. The number of rotatable bonds is 3. The summed E-state index contributed by atoms with van der Waals surface area (Å²) in [6.45, 7) is 0.575. The number of nitrogens with zero attached hydrogens (tertiary/aromatic N) is 2. The smallest absolute Gasteiger partial charge is 0.144 e. The fourth-order valence-corrected chi connectivity index (χ4v) is 1.86. The standard InChI is InChI=1S/C10H15N3O/c14-10(3-1-2-4-10)8-13-9-7-11-5-6-12-9/h5-7,14H,1-4,8H2,(H,12,13). The molecule has 2 rings (SSSR count). The van der Waals surface area contributed by atoms with Gasteiger partial charge in [0.05, 0.1) is 11.8 Å². The van der Waals surface area contributed by atoms with E-state index in [1.807, 2.05) is 0 Å². The fraction of sp³-hybridized carbons (Fsp3) is 0.600. The van der Waals surface area contributed by atoms with Crippen LogP contribution in [0.25, 0.3) is 0 Å². The summed E-state index contributed by atoms with van der Waals surface area (Å²) in [5, 5.41) is 13.1. The molecule has 1 heterocycles. The van der Waals surface area contributed by atoms with Crippen molar-refractivity contribution in [2.75, 3.05) is 11.9 Å². The SMILES string of the molecule is OC1(CNc2cnccn2)CCCC1. The molecule has 0 aliphatic heterocycles. The number of aliphatic hydroxyl groups is 1. The van der Waals surface area contributed by atoms with Crippen LogP contribution < -0.4 is 5.32 Å². The molecular weight excluding hydrogens is 178 g/mol. The van der Waals surface area contributed by atoms with Gasteiger partial charge in [-0.15, -0.1) is 0 Å². The van der Waals surface area contributed by atoms with Crippen LogP contribution in [0.1, 0.15) is 25.7 Å². The Morgan fingerprint density at radius 2 is 2.14 bits per heavy atom. The Labute approximate surface area is 83.4 Å². The van der Waals surface area contributed by atoms with Gasteiger partial charge >= 0.3 is 0 Å². The van der Waals surface area contributed by atoms with Crippen LogP contribution in [0.4, 0.5) is 5.82 Å². The highest BCUT2D eigenvalue weighted by atomic mass is 16.3. The van der Waals surface area contributed by atoms with Crippen LogP contribution in [0, 0.1) is 0 Å². The molecule has 0 saturated heterocycles. The molecule has 0 atom stereocenters. The number of nitrogens with one attached hydrogen (secondary N) is 1. The second-order valence-corrected chi connectivity index (χ2v) is 3.88. The molecule has 0 spiro atoms. The number of hydrogen-bond donors (Lipinski definition) is 2. The molecule has 0 bridgehead atoms. The van der Waals surface area contributed by atoms with Gasteiger partial charge < -0.3 is 10.4 Å². The highest BCUT2D eigenvalue weighted by molar-refractivity contribution is 5.30. The second-order valence-electron chi connectivity index (χ2n) is 3.88. The minimum absolute atomic E-state index is 0.530. The minimum atomic E-state index is -0.530. The molecule has 1 saturated carbocycles. The van der Waals surface area contributed by atoms with E-state index >= 15 is 0 Å². The van der Waals surface area contributed by atoms with Crippen LogP contribution in [0.15, 0.2) is 18.6 Å². The van der Waals surface area contributed by atoms with Crippen molar-refractivity contribution in [2.45, 2.75) is 31.3 Å². The summed E-state index contributed by atoms with van der Waals surface area (Å²) in [4.78, 5) is 8.03. The third kappa shape index (κ3) is 2.20. The van der Waals surface area contributed by atoms with Crippen LogP contribution in [0.2, 0.25) is 0 Å². The van der Waals surface area contributed by atoms with Gasteiger partial charge in [-0.05, 0) is 12.8 Å². The summed E-state index contributed by atoms with van der Waals surface area (Å²) in [6, 6.07) is 0. The number of hydrogen-bond acceptors (Lipinski definition) is 4. The molecular formula is C10H15N3O. The Bertz CT molecular complexity index is 283. The van der Waals surface area contributed by atoms with Crippen LogP contribution in [-0.2, 0) is 0 Å². The number of aromatic nitrogens is 2. The van der Waals surface area contributed by atoms with E-state index in [2.05, 4.69) is 15.3 Å². The maximum Gasteiger partial charge on any atom is 0.144 e. The van der Waals surface area contributed by atoms with E-state index in [9.17, 15) is 5.11 Å². The van der Waals surface area contributed by atoms with Gasteiger partial charge in [-0.25, -0.2) is 4.98 Å². The largest absolute Gasteiger partial charge is 0.388 e. The summed E-state index contributed by atoms with van der Waals surface area (Å²) in [5.41, 5.74) is -0.530. The predicted molar refractivity (Wildman–Crippen MR) is 53.9 cm³/mol. The lowest BCUT2D eigenvalue weighted by Gasteiger charge is -2.22. The first-order chi connectivity index (χ1) is 6.79. The summed E-state index contributed by atoms with van der Waals surface area (Å²) < 4.78 is 0. The molecule has 0 radical (unpaired) electrons. The van der Waals surface area contributed by atoms with Crippen LogP contribution in [0.5, 0.6) is 0 Å². The van der Waals surface area contributed by atoms with E-state index < -0.39 is 5.60 Å². The van der Waals surface area contributed by atoms with E-state index in [4.69, 9.17) is 0 Å². The molecule has 14 heavy (non-hydrogen) atoms. The third-order valence-electron chi connectivity index (χ3n) is 2.70. The van der Waals surface area contributed by atoms with Gasteiger partial charge in [-0.2, -0.15) is 0 Å². The van der Waals surface area contributed by atoms with Crippen molar-refractivity contribution in [3.05, 3.63) is 18.6 Å². The second kappa shape index (κ2) is 3.92. The quantitative estimate of drug-likeness (QED) is 0.757. The summed E-state index contributed by atoms with van der Waals surface area (Å²) in [7, 11) is 0. The molecule has 1 aliphatic rings. The van der Waals surface area contributed by atoms with Crippen molar-refractivity contribution in [1.29, 1.82) is 0 Å². The normalized spacial score (nSPS) is 19.5. The van der Waals surface area contributed by atoms with Crippen LogP contribution >= 0.6 is 0 Å². The summed E-state index contributed by atoms with van der Waals surface area (Å²) >= 11 is 0. The van der Waals surface area contributed by atoms with Crippen molar-refractivity contribution in [2.24, 2.45) is 0 Å². The molecule has 1 aliphatic carbocycles. The van der Waals surface area contributed by atoms with E-state index in [1.54, 1.807) is 18.6 Å². The van der Waals surface area contributed by atoms with Crippen molar-refractivity contribution >= 4 is 5.82 Å². The minimum Gasteiger partial charge on any atom is -0.388 e. The molecule has 0 unspecified atom stereocenters. The fourth-order valence-electron chi connectivity index (χ4n) is 1.86. The first kappa shape index (κ1) is 9.40. The topological polar surface area (TPSA) is 58.0 Å². The molecule has 1 fully saturated rings.